The standard InChI is InChI=1S/C25H40N8O4/c1-15(34)31-20(14-16-9-11-18(26)12-10-16)23(36)33-21(17-6-3-2-4-7-17)24(37)32-19(22(27)35)8-5-13-30-25(28)29/h9-12,17,19-21H,2-8,13-14,26H2,1H3,(H2,27,35)(H,31,34)(H,32,37)(H,33,36)(H4,28,29,30)/t19-,20+,21-/m0/s1. The lowest BCUT2D eigenvalue weighted by atomic mass is 9.83. The molecule has 3 atom stereocenters. The Bertz CT molecular complexity index is 956. The zero-order valence-electron chi connectivity index (χ0n) is 21.4. The summed E-state index contributed by atoms with van der Waals surface area (Å²) in [5.41, 5.74) is 23.3. The maximum absolute atomic E-state index is 13.4. The lowest BCUT2D eigenvalue weighted by Gasteiger charge is -2.32. The number of rotatable bonds is 13. The molecule has 0 bridgehead atoms. The number of carbonyl (C=O) groups is 4. The van der Waals surface area contributed by atoms with E-state index in [-0.39, 0.29) is 37.2 Å². The highest BCUT2D eigenvalue weighted by atomic mass is 16.2. The van der Waals surface area contributed by atoms with E-state index in [9.17, 15) is 19.2 Å². The molecule has 204 valence electrons. The molecule has 1 aliphatic carbocycles. The summed E-state index contributed by atoms with van der Waals surface area (Å²) in [5, 5.41) is 8.23. The van der Waals surface area contributed by atoms with Gasteiger partial charge in [0.25, 0.3) is 0 Å². The number of nitrogens with one attached hydrogen (secondary N) is 3. The van der Waals surface area contributed by atoms with Crippen LogP contribution in [0.15, 0.2) is 29.3 Å². The molecule has 1 aliphatic rings. The first-order chi connectivity index (χ1) is 17.6. The molecule has 2 rings (SSSR count). The van der Waals surface area contributed by atoms with Crippen LogP contribution in [0.4, 0.5) is 5.69 Å². The average Bonchev–Trinajstić information content (AvgIpc) is 2.85. The van der Waals surface area contributed by atoms with Crippen LogP contribution < -0.4 is 38.9 Å². The van der Waals surface area contributed by atoms with Crippen LogP contribution in [-0.4, -0.2) is 54.3 Å². The van der Waals surface area contributed by atoms with Crippen molar-refractivity contribution in [2.75, 3.05) is 12.3 Å². The van der Waals surface area contributed by atoms with Crippen molar-refractivity contribution >= 4 is 35.3 Å². The Morgan fingerprint density at radius 3 is 2.14 bits per heavy atom. The molecule has 1 fully saturated rings. The zero-order valence-corrected chi connectivity index (χ0v) is 21.4. The minimum Gasteiger partial charge on any atom is -0.399 e. The number of nitrogens with two attached hydrogens (primary N) is 4. The zero-order chi connectivity index (χ0) is 27.4. The molecule has 12 heteroatoms. The van der Waals surface area contributed by atoms with Crippen molar-refractivity contribution < 1.29 is 19.2 Å². The Balaban J connectivity index is 2.17. The molecule has 1 aromatic rings. The number of amides is 4. The van der Waals surface area contributed by atoms with Gasteiger partial charge in [-0.3, -0.25) is 24.2 Å². The second-order valence-electron chi connectivity index (χ2n) is 9.50. The van der Waals surface area contributed by atoms with E-state index in [1.807, 2.05) is 0 Å². The minimum absolute atomic E-state index is 0.0626. The summed E-state index contributed by atoms with van der Waals surface area (Å²) in [4.78, 5) is 54.5. The third kappa shape index (κ3) is 10.4. The van der Waals surface area contributed by atoms with Crippen LogP contribution in [0.1, 0.15) is 57.4 Å². The van der Waals surface area contributed by atoms with Gasteiger partial charge in [-0.25, -0.2) is 0 Å². The molecular weight excluding hydrogens is 476 g/mol. The van der Waals surface area contributed by atoms with Gasteiger partial charge in [-0.05, 0) is 49.3 Å². The summed E-state index contributed by atoms with van der Waals surface area (Å²) >= 11 is 0. The van der Waals surface area contributed by atoms with Gasteiger partial charge in [0, 0.05) is 25.6 Å². The molecule has 0 saturated heterocycles. The number of hydrogen-bond acceptors (Lipinski definition) is 6. The van der Waals surface area contributed by atoms with Crippen molar-refractivity contribution in [3.8, 4) is 0 Å². The number of primary amides is 1. The fourth-order valence-electron chi connectivity index (χ4n) is 4.51. The summed E-state index contributed by atoms with van der Waals surface area (Å²) in [6, 6.07) is 4.28. The molecule has 11 N–H and O–H groups in total. The molecule has 1 aromatic carbocycles. The fraction of sp³-hybridized carbons (Fsp3) is 0.560. The number of anilines is 1. The Hall–Kier alpha value is -3.83. The Labute approximate surface area is 217 Å². The summed E-state index contributed by atoms with van der Waals surface area (Å²) in [7, 11) is 0. The van der Waals surface area contributed by atoms with Crippen LogP contribution in [0, 0.1) is 5.92 Å². The molecule has 0 radical (unpaired) electrons. The van der Waals surface area contributed by atoms with E-state index in [0.29, 0.717) is 12.1 Å². The van der Waals surface area contributed by atoms with Gasteiger partial charge in [-0.2, -0.15) is 0 Å². The third-order valence-electron chi connectivity index (χ3n) is 6.42. The van der Waals surface area contributed by atoms with Gasteiger partial charge in [-0.15, -0.1) is 0 Å². The van der Waals surface area contributed by atoms with E-state index in [2.05, 4.69) is 20.9 Å². The number of guanidine groups is 1. The summed E-state index contributed by atoms with van der Waals surface area (Å²) in [6.45, 7) is 1.61. The van der Waals surface area contributed by atoms with Crippen molar-refractivity contribution in [3.05, 3.63) is 29.8 Å². The van der Waals surface area contributed by atoms with E-state index >= 15 is 0 Å². The molecule has 0 unspecified atom stereocenters. The minimum atomic E-state index is -0.939. The molecule has 12 nitrogen and oxygen atoms in total. The number of hydrogen-bond donors (Lipinski definition) is 7. The Morgan fingerprint density at radius 2 is 1.57 bits per heavy atom. The quantitative estimate of drug-likeness (QED) is 0.0780. The SMILES string of the molecule is CC(=O)N[C@H](Cc1ccc(N)cc1)C(=O)N[C@H](C(=O)N[C@@H](CCCN=C(N)N)C(N)=O)C1CCCCC1. The van der Waals surface area contributed by atoms with Gasteiger partial charge >= 0.3 is 0 Å². The van der Waals surface area contributed by atoms with Gasteiger partial charge in [-0.1, -0.05) is 31.4 Å². The highest BCUT2D eigenvalue weighted by Gasteiger charge is 2.34. The van der Waals surface area contributed by atoms with E-state index in [1.54, 1.807) is 24.3 Å². The van der Waals surface area contributed by atoms with Gasteiger partial charge in [0.2, 0.25) is 23.6 Å². The van der Waals surface area contributed by atoms with Gasteiger partial charge in [0.05, 0.1) is 0 Å². The van der Waals surface area contributed by atoms with Crippen LogP contribution >= 0.6 is 0 Å². The smallest absolute Gasteiger partial charge is 0.243 e. The van der Waals surface area contributed by atoms with Crippen molar-refractivity contribution in [1.29, 1.82) is 0 Å². The largest absolute Gasteiger partial charge is 0.399 e. The van der Waals surface area contributed by atoms with Crippen molar-refractivity contribution in [2.45, 2.75) is 76.4 Å². The fourth-order valence-corrected chi connectivity index (χ4v) is 4.51. The number of nitrogen functional groups attached to an aromatic ring is 1. The summed E-state index contributed by atoms with van der Waals surface area (Å²) < 4.78 is 0. The second kappa shape index (κ2) is 14.7. The number of benzene rings is 1. The van der Waals surface area contributed by atoms with E-state index in [0.717, 1.165) is 37.7 Å². The van der Waals surface area contributed by atoms with Crippen molar-refractivity contribution in [2.24, 2.45) is 28.1 Å². The normalized spacial score (nSPS) is 16.0. The second-order valence-corrected chi connectivity index (χ2v) is 9.50. The predicted molar refractivity (Wildman–Crippen MR) is 142 cm³/mol. The molecule has 37 heavy (non-hydrogen) atoms. The number of carbonyl (C=O) groups excluding carboxylic acids is 4. The van der Waals surface area contributed by atoms with Crippen LogP contribution in [0.5, 0.6) is 0 Å². The van der Waals surface area contributed by atoms with Crippen molar-refractivity contribution in [3.63, 3.8) is 0 Å². The predicted octanol–water partition coefficient (Wildman–Crippen LogP) is -0.595. The lowest BCUT2D eigenvalue weighted by Crippen LogP contribution is -2.59. The van der Waals surface area contributed by atoms with E-state index in [1.165, 1.54) is 6.92 Å². The summed E-state index contributed by atoms with van der Waals surface area (Å²) in [6.07, 6.45) is 5.33. The summed E-state index contributed by atoms with van der Waals surface area (Å²) in [5.74, 6) is -2.20. The highest BCUT2D eigenvalue weighted by molar-refractivity contribution is 5.94. The van der Waals surface area contributed by atoms with Crippen LogP contribution in [0.2, 0.25) is 0 Å². The van der Waals surface area contributed by atoms with Crippen LogP contribution in [-0.2, 0) is 25.6 Å². The maximum Gasteiger partial charge on any atom is 0.243 e. The third-order valence-corrected chi connectivity index (χ3v) is 6.42. The Kier molecular flexibility index (Phi) is 11.7. The maximum atomic E-state index is 13.4. The van der Waals surface area contributed by atoms with Gasteiger partial charge in [0.1, 0.15) is 18.1 Å². The molecule has 0 heterocycles. The molecule has 4 amide bonds. The molecule has 0 aliphatic heterocycles. The first-order valence-corrected chi connectivity index (χ1v) is 12.6. The Morgan fingerprint density at radius 1 is 0.919 bits per heavy atom. The number of aliphatic imine (C=N–C) groups is 1. The van der Waals surface area contributed by atoms with Crippen LogP contribution in [0.3, 0.4) is 0 Å². The lowest BCUT2D eigenvalue weighted by molar-refractivity contribution is -0.134. The first-order valence-electron chi connectivity index (χ1n) is 12.6. The average molecular weight is 517 g/mol. The molecule has 1 saturated carbocycles. The number of nitrogens with zero attached hydrogens (tertiary/aromatic N) is 1. The van der Waals surface area contributed by atoms with Gasteiger partial charge < -0.3 is 38.9 Å². The molecule has 0 spiro atoms. The molecule has 0 aromatic heterocycles. The molecular formula is C25H40N8O4. The first kappa shape index (κ1) is 29.4. The van der Waals surface area contributed by atoms with Crippen LogP contribution in [0.25, 0.3) is 0 Å². The monoisotopic (exact) mass is 516 g/mol. The highest BCUT2D eigenvalue weighted by Crippen LogP contribution is 2.27. The van der Waals surface area contributed by atoms with Crippen molar-refractivity contribution in [1.82, 2.24) is 16.0 Å². The topological polar surface area (TPSA) is 221 Å². The van der Waals surface area contributed by atoms with E-state index in [4.69, 9.17) is 22.9 Å². The van der Waals surface area contributed by atoms with E-state index < -0.39 is 35.8 Å². The van der Waals surface area contributed by atoms with Gasteiger partial charge in [0.15, 0.2) is 5.96 Å².